The van der Waals surface area contributed by atoms with Crippen LogP contribution in [0.2, 0.25) is 0 Å². The molecule has 1 N–H and O–H groups in total. The first-order valence-electron chi connectivity index (χ1n) is 11.7. The Labute approximate surface area is 203 Å². The Bertz CT molecular complexity index is 1190. The van der Waals surface area contributed by atoms with Crippen LogP contribution >= 0.6 is 0 Å². The quantitative estimate of drug-likeness (QED) is 0.634. The highest BCUT2D eigenvalue weighted by Crippen LogP contribution is 2.38. The standard InChI is InChI=1S/C26H27N3O6/c1-26(10-9-21(30)27-25(26)33)29-23(31)19-3-2-4-20(22(19)24(29)32)35-16-18-7-5-17(6-8-18)15-28-11-13-34-14-12-28/h2-8H,9-16H2,1H3,(H,27,30,33)/t26-/m0/s1. The normalized spacial score (nSPS) is 22.8. The third kappa shape index (κ3) is 4.33. The summed E-state index contributed by atoms with van der Waals surface area (Å²) in [6.45, 7) is 5.95. The summed E-state index contributed by atoms with van der Waals surface area (Å²) in [6, 6.07) is 12.9. The van der Waals surface area contributed by atoms with Crippen LogP contribution in [0, 0.1) is 0 Å². The predicted molar refractivity (Wildman–Crippen MR) is 125 cm³/mol. The molecule has 0 aromatic heterocycles. The van der Waals surface area contributed by atoms with Crippen molar-refractivity contribution in [3.05, 3.63) is 64.7 Å². The van der Waals surface area contributed by atoms with Gasteiger partial charge in [-0.1, -0.05) is 30.3 Å². The van der Waals surface area contributed by atoms with E-state index in [4.69, 9.17) is 9.47 Å². The fraction of sp³-hybridized carbons (Fsp3) is 0.385. The minimum absolute atomic E-state index is 0.0561. The lowest BCUT2D eigenvalue weighted by Gasteiger charge is -2.38. The Morgan fingerprint density at radius 1 is 0.971 bits per heavy atom. The van der Waals surface area contributed by atoms with Crippen molar-refractivity contribution >= 4 is 23.6 Å². The molecule has 3 aliphatic heterocycles. The van der Waals surface area contributed by atoms with Gasteiger partial charge in [-0.05, 0) is 36.6 Å². The number of piperidine rings is 1. The largest absolute Gasteiger partial charge is 0.488 e. The van der Waals surface area contributed by atoms with Crippen molar-refractivity contribution in [2.75, 3.05) is 26.3 Å². The zero-order chi connectivity index (χ0) is 24.6. The third-order valence-corrected chi connectivity index (χ3v) is 6.88. The Morgan fingerprint density at radius 2 is 1.69 bits per heavy atom. The molecule has 3 aliphatic rings. The lowest BCUT2D eigenvalue weighted by atomic mass is 9.89. The van der Waals surface area contributed by atoms with Gasteiger partial charge in [0.2, 0.25) is 5.91 Å². The number of morpholine rings is 1. The molecule has 3 heterocycles. The molecule has 9 nitrogen and oxygen atoms in total. The summed E-state index contributed by atoms with van der Waals surface area (Å²) in [6.07, 6.45) is 0.136. The van der Waals surface area contributed by atoms with E-state index in [1.165, 1.54) is 12.5 Å². The molecule has 2 aromatic carbocycles. The van der Waals surface area contributed by atoms with E-state index in [9.17, 15) is 19.2 Å². The fourth-order valence-electron chi connectivity index (χ4n) is 4.75. The van der Waals surface area contributed by atoms with Crippen LogP contribution in [0.4, 0.5) is 0 Å². The zero-order valence-electron chi connectivity index (χ0n) is 19.5. The molecule has 0 spiro atoms. The van der Waals surface area contributed by atoms with Gasteiger partial charge in [-0.3, -0.25) is 34.3 Å². The molecule has 1 atom stereocenters. The molecule has 182 valence electrons. The zero-order valence-corrected chi connectivity index (χ0v) is 19.5. The van der Waals surface area contributed by atoms with Crippen LogP contribution < -0.4 is 10.1 Å². The second kappa shape index (κ2) is 9.24. The lowest BCUT2D eigenvalue weighted by Crippen LogP contribution is -2.62. The van der Waals surface area contributed by atoms with E-state index in [1.807, 2.05) is 12.1 Å². The van der Waals surface area contributed by atoms with E-state index in [0.717, 1.165) is 43.3 Å². The van der Waals surface area contributed by atoms with Gasteiger partial charge in [0.25, 0.3) is 17.7 Å². The fourth-order valence-corrected chi connectivity index (χ4v) is 4.75. The average molecular weight is 478 g/mol. The van der Waals surface area contributed by atoms with E-state index in [-0.39, 0.29) is 36.3 Å². The minimum Gasteiger partial charge on any atom is -0.488 e. The number of imide groups is 2. The van der Waals surface area contributed by atoms with Gasteiger partial charge in [-0.15, -0.1) is 0 Å². The van der Waals surface area contributed by atoms with Crippen LogP contribution in [0.25, 0.3) is 0 Å². The van der Waals surface area contributed by atoms with Gasteiger partial charge >= 0.3 is 0 Å². The third-order valence-electron chi connectivity index (χ3n) is 6.88. The van der Waals surface area contributed by atoms with Crippen LogP contribution in [-0.2, 0) is 27.5 Å². The second-order valence-electron chi connectivity index (χ2n) is 9.27. The van der Waals surface area contributed by atoms with Crippen molar-refractivity contribution < 1.29 is 28.7 Å². The van der Waals surface area contributed by atoms with Gasteiger partial charge in [-0.2, -0.15) is 0 Å². The maximum atomic E-state index is 13.4. The molecule has 5 rings (SSSR count). The Kier molecular flexibility index (Phi) is 6.12. The predicted octanol–water partition coefficient (Wildman–Crippen LogP) is 1.89. The number of amides is 4. The summed E-state index contributed by atoms with van der Waals surface area (Å²) >= 11 is 0. The maximum absolute atomic E-state index is 13.4. The number of rotatable bonds is 6. The lowest BCUT2D eigenvalue weighted by molar-refractivity contribution is -0.140. The number of hydrogen-bond acceptors (Lipinski definition) is 7. The Morgan fingerprint density at radius 3 is 2.40 bits per heavy atom. The minimum atomic E-state index is -1.44. The highest BCUT2D eigenvalue weighted by atomic mass is 16.5. The van der Waals surface area contributed by atoms with Crippen LogP contribution in [0.15, 0.2) is 42.5 Å². The van der Waals surface area contributed by atoms with Gasteiger partial charge in [0.1, 0.15) is 17.9 Å². The Balaban J connectivity index is 1.30. The first-order valence-corrected chi connectivity index (χ1v) is 11.7. The number of benzene rings is 2. The van der Waals surface area contributed by atoms with Crippen LogP contribution in [0.1, 0.15) is 51.6 Å². The van der Waals surface area contributed by atoms with Crippen molar-refractivity contribution in [3.63, 3.8) is 0 Å². The highest BCUT2D eigenvalue weighted by molar-refractivity contribution is 6.25. The molecule has 0 radical (unpaired) electrons. The first kappa shape index (κ1) is 23.2. The van der Waals surface area contributed by atoms with Crippen LogP contribution in [-0.4, -0.2) is 65.3 Å². The Hall–Kier alpha value is -3.56. The summed E-state index contributed by atoms with van der Waals surface area (Å²) in [5, 5.41) is 2.24. The molecule has 0 aliphatic carbocycles. The molecular weight excluding hydrogens is 450 g/mol. The summed E-state index contributed by atoms with van der Waals surface area (Å²) in [5.41, 5.74) is 1.03. The molecule has 9 heteroatoms. The monoisotopic (exact) mass is 477 g/mol. The van der Waals surface area contributed by atoms with E-state index >= 15 is 0 Å². The highest BCUT2D eigenvalue weighted by Gasteiger charge is 2.53. The maximum Gasteiger partial charge on any atom is 0.266 e. The number of nitrogens with one attached hydrogen (secondary N) is 1. The van der Waals surface area contributed by atoms with Gasteiger partial charge in [0, 0.05) is 26.1 Å². The van der Waals surface area contributed by atoms with Gasteiger partial charge in [0.15, 0.2) is 0 Å². The molecule has 4 amide bonds. The SMILES string of the molecule is C[C@]1(N2C(=O)c3cccc(OCc4ccc(CN5CCOCC5)cc4)c3C2=O)CCC(=O)NC1=O. The van der Waals surface area contributed by atoms with E-state index in [0.29, 0.717) is 0 Å². The first-order chi connectivity index (χ1) is 16.9. The summed E-state index contributed by atoms with van der Waals surface area (Å²) in [7, 11) is 0. The van der Waals surface area contributed by atoms with Crippen molar-refractivity contribution in [2.24, 2.45) is 0 Å². The number of nitrogens with zero attached hydrogens (tertiary/aromatic N) is 2. The van der Waals surface area contributed by atoms with Crippen molar-refractivity contribution in [3.8, 4) is 5.75 Å². The molecule has 0 unspecified atom stereocenters. The van der Waals surface area contributed by atoms with Gasteiger partial charge < -0.3 is 9.47 Å². The van der Waals surface area contributed by atoms with Crippen LogP contribution in [0.5, 0.6) is 5.75 Å². The summed E-state index contributed by atoms with van der Waals surface area (Å²) in [4.78, 5) is 54.0. The average Bonchev–Trinajstić information content (AvgIpc) is 3.13. The van der Waals surface area contributed by atoms with Gasteiger partial charge in [0.05, 0.1) is 24.3 Å². The molecule has 2 fully saturated rings. The van der Waals surface area contributed by atoms with Crippen LogP contribution in [0.3, 0.4) is 0 Å². The number of ether oxygens (including phenoxy) is 2. The van der Waals surface area contributed by atoms with Crippen molar-refractivity contribution in [1.82, 2.24) is 15.1 Å². The van der Waals surface area contributed by atoms with E-state index < -0.39 is 29.2 Å². The van der Waals surface area contributed by atoms with Crippen molar-refractivity contribution in [2.45, 2.75) is 38.5 Å². The number of carbonyl (C=O) groups is 4. The molecular formula is C26H27N3O6. The number of carbonyl (C=O) groups excluding carboxylic acids is 4. The molecule has 2 saturated heterocycles. The summed E-state index contributed by atoms with van der Waals surface area (Å²) < 4.78 is 11.4. The number of hydrogen-bond donors (Lipinski definition) is 1. The second-order valence-corrected chi connectivity index (χ2v) is 9.27. The number of fused-ring (bicyclic) bond motifs is 1. The molecule has 35 heavy (non-hydrogen) atoms. The van der Waals surface area contributed by atoms with E-state index in [1.54, 1.807) is 18.2 Å². The topological polar surface area (TPSA) is 105 Å². The molecule has 0 saturated carbocycles. The smallest absolute Gasteiger partial charge is 0.266 e. The molecule has 0 bridgehead atoms. The summed E-state index contributed by atoms with van der Waals surface area (Å²) in [5.74, 6) is -1.92. The van der Waals surface area contributed by atoms with Gasteiger partial charge in [-0.25, -0.2) is 0 Å². The van der Waals surface area contributed by atoms with E-state index in [2.05, 4.69) is 22.3 Å². The van der Waals surface area contributed by atoms with Crippen molar-refractivity contribution in [1.29, 1.82) is 0 Å². The molecule has 2 aromatic rings.